The smallest absolute Gasteiger partial charge is 0.0728 e. The lowest BCUT2D eigenvalue weighted by atomic mass is 9.99. The summed E-state index contributed by atoms with van der Waals surface area (Å²) in [5.41, 5.74) is 1.44. The Morgan fingerprint density at radius 2 is 2.17 bits per heavy atom. The van der Waals surface area contributed by atoms with Crippen LogP contribution >= 0.6 is 0 Å². The minimum Gasteiger partial charge on any atom is -0.377 e. The third kappa shape index (κ3) is 4.11. The van der Waals surface area contributed by atoms with Crippen LogP contribution in [0.1, 0.15) is 38.2 Å². The molecule has 0 amide bonds. The van der Waals surface area contributed by atoms with Crippen LogP contribution in [0.4, 0.5) is 0 Å². The van der Waals surface area contributed by atoms with E-state index in [1.54, 1.807) is 0 Å². The zero-order chi connectivity index (χ0) is 12.6. The first kappa shape index (κ1) is 13.6. The van der Waals surface area contributed by atoms with Gasteiger partial charge in [0.2, 0.25) is 0 Å². The molecule has 2 nitrogen and oxygen atoms in total. The molecule has 100 valence electrons. The highest BCUT2D eigenvalue weighted by Crippen LogP contribution is 2.19. The molecule has 1 aromatic rings. The van der Waals surface area contributed by atoms with Crippen molar-refractivity contribution in [3.8, 4) is 0 Å². The summed E-state index contributed by atoms with van der Waals surface area (Å²) in [6, 6.07) is 11.3. The van der Waals surface area contributed by atoms with Crippen molar-refractivity contribution in [1.29, 1.82) is 0 Å². The largest absolute Gasteiger partial charge is 0.377 e. The normalized spacial score (nSPS) is 21.1. The van der Waals surface area contributed by atoms with Crippen molar-refractivity contribution in [2.75, 3.05) is 13.2 Å². The lowest BCUT2D eigenvalue weighted by Gasteiger charge is -2.23. The van der Waals surface area contributed by atoms with Crippen LogP contribution in [0.3, 0.4) is 0 Å². The summed E-state index contributed by atoms with van der Waals surface area (Å²) in [7, 11) is 0. The number of likely N-dealkylation sites (N-methyl/N-ethyl adjacent to an activating group) is 1. The van der Waals surface area contributed by atoms with Gasteiger partial charge in [0.25, 0.3) is 0 Å². The molecule has 0 bridgehead atoms. The van der Waals surface area contributed by atoms with E-state index in [1.807, 2.05) is 0 Å². The summed E-state index contributed by atoms with van der Waals surface area (Å²) >= 11 is 0. The highest BCUT2D eigenvalue weighted by molar-refractivity contribution is 5.14. The van der Waals surface area contributed by atoms with Crippen LogP contribution in [0.25, 0.3) is 0 Å². The zero-order valence-corrected chi connectivity index (χ0v) is 11.4. The Morgan fingerprint density at radius 1 is 1.33 bits per heavy atom. The second-order valence-electron chi connectivity index (χ2n) is 5.09. The van der Waals surface area contributed by atoms with Gasteiger partial charge in [-0.25, -0.2) is 0 Å². The first-order valence-electron chi connectivity index (χ1n) is 7.29. The van der Waals surface area contributed by atoms with E-state index in [0.717, 1.165) is 13.2 Å². The Hall–Kier alpha value is -0.860. The van der Waals surface area contributed by atoms with Gasteiger partial charge >= 0.3 is 0 Å². The van der Waals surface area contributed by atoms with Gasteiger partial charge in [0, 0.05) is 12.6 Å². The molecule has 2 unspecified atom stereocenters. The van der Waals surface area contributed by atoms with Crippen LogP contribution in [-0.2, 0) is 11.2 Å². The maximum Gasteiger partial charge on any atom is 0.0728 e. The van der Waals surface area contributed by atoms with Crippen molar-refractivity contribution >= 4 is 0 Å². The molecule has 1 aliphatic rings. The third-order valence-corrected chi connectivity index (χ3v) is 3.70. The molecule has 0 aliphatic carbocycles. The molecule has 1 fully saturated rings. The quantitative estimate of drug-likeness (QED) is 0.799. The molecule has 0 radical (unpaired) electrons. The summed E-state index contributed by atoms with van der Waals surface area (Å²) in [5.74, 6) is 0. The first-order chi connectivity index (χ1) is 8.90. The number of nitrogens with one attached hydrogen (secondary N) is 1. The highest BCUT2D eigenvalue weighted by atomic mass is 16.5. The number of aryl methyl sites for hydroxylation is 1. The van der Waals surface area contributed by atoms with Crippen molar-refractivity contribution in [1.82, 2.24) is 5.32 Å². The minimum absolute atomic E-state index is 0.445. The van der Waals surface area contributed by atoms with E-state index >= 15 is 0 Å². The van der Waals surface area contributed by atoms with Gasteiger partial charge in [-0.1, -0.05) is 37.3 Å². The van der Waals surface area contributed by atoms with Gasteiger partial charge in [0.15, 0.2) is 0 Å². The molecule has 0 spiro atoms. The topological polar surface area (TPSA) is 21.3 Å². The second-order valence-corrected chi connectivity index (χ2v) is 5.09. The Bertz CT molecular complexity index is 319. The Labute approximate surface area is 111 Å². The average molecular weight is 247 g/mol. The van der Waals surface area contributed by atoms with E-state index in [1.165, 1.54) is 37.7 Å². The second kappa shape index (κ2) is 7.55. The molecule has 18 heavy (non-hydrogen) atoms. The SMILES string of the molecule is CCNC(CCCc1ccccc1)C1CCCO1. The molecule has 2 rings (SSSR count). The van der Waals surface area contributed by atoms with Gasteiger partial charge in [-0.05, 0) is 44.2 Å². The Kier molecular flexibility index (Phi) is 5.69. The zero-order valence-electron chi connectivity index (χ0n) is 11.4. The van der Waals surface area contributed by atoms with Gasteiger partial charge in [-0.2, -0.15) is 0 Å². The maximum atomic E-state index is 5.81. The molecule has 1 aromatic carbocycles. The van der Waals surface area contributed by atoms with Crippen LogP contribution in [-0.4, -0.2) is 25.3 Å². The predicted molar refractivity (Wildman–Crippen MR) is 75.8 cm³/mol. The number of ether oxygens (including phenoxy) is 1. The summed E-state index contributed by atoms with van der Waals surface area (Å²) in [6.45, 7) is 4.17. The lowest BCUT2D eigenvalue weighted by Crippen LogP contribution is -2.39. The van der Waals surface area contributed by atoms with Crippen LogP contribution in [0.5, 0.6) is 0 Å². The third-order valence-electron chi connectivity index (χ3n) is 3.70. The van der Waals surface area contributed by atoms with Gasteiger partial charge in [0.1, 0.15) is 0 Å². The molecular weight excluding hydrogens is 222 g/mol. The van der Waals surface area contributed by atoms with Gasteiger partial charge in [-0.15, -0.1) is 0 Å². The van der Waals surface area contributed by atoms with Crippen molar-refractivity contribution in [2.24, 2.45) is 0 Å². The van der Waals surface area contributed by atoms with Crippen LogP contribution < -0.4 is 5.32 Å². The van der Waals surface area contributed by atoms with Gasteiger partial charge < -0.3 is 10.1 Å². The fraction of sp³-hybridized carbons (Fsp3) is 0.625. The highest BCUT2D eigenvalue weighted by Gasteiger charge is 2.24. The van der Waals surface area contributed by atoms with Gasteiger partial charge in [-0.3, -0.25) is 0 Å². The minimum atomic E-state index is 0.445. The van der Waals surface area contributed by atoms with E-state index in [0.29, 0.717) is 12.1 Å². The lowest BCUT2D eigenvalue weighted by molar-refractivity contribution is 0.0755. The van der Waals surface area contributed by atoms with Gasteiger partial charge in [0.05, 0.1) is 6.10 Å². The van der Waals surface area contributed by atoms with Crippen molar-refractivity contribution < 1.29 is 4.74 Å². The van der Waals surface area contributed by atoms with E-state index in [9.17, 15) is 0 Å². The number of hydrogen-bond donors (Lipinski definition) is 1. The average Bonchev–Trinajstić information content (AvgIpc) is 2.93. The van der Waals surface area contributed by atoms with E-state index in [-0.39, 0.29) is 0 Å². The van der Waals surface area contributed by atoms with E-state index in [4.69, 9.17) is 4.74 Å². The number of benzene rings is 1. The van der Waals surface area contributed by atoms with Crippen molar-refractivity contribution in [3.05, 3.63) is 35.9 Å². The fourth-order valence-corrected chi connectivity index (χ4v) is 2.77. The summed E-state index contributed by atoms with van der Waals surface area (Å²) in [5, 5.41) is 3.59. The summed E-state index contributed by atoms with van der Waals surface area (Å²) < 4.78 is 5.81. The summed E-state index contributed by atoms with van der Waals surface area (Å²) in [4.78, 5) is 0. The summed E-state index contributed by atoms with van der Waals surface area (Å²) in [6.07, 6.45) is 6.53. The molecule has 0 saturated carbocycles. The molecular formula is C16H25NO. The molecule has 1 heterocycles. The number of hydrogen-bond acceptors (Lipinski definition) is 2. The molecule has 1 saturated heterocycles. The van der Waals surface area contributed by atoms with E-state index in [2.05, 4.69) is 42.6 Å². The first-order valence-corrected chi connectivity index (χ1v) is 7.29. The van der Waals surface area contributed by atoms with Crippen molar-refractivity contribution in [3.63, 3.8) is 0 Å². The Balaban J connectivity index is 1.75. The van der Waals surface area contributed by atoms with Crippen LogP contribution in [0.2, 0.25) is 0 Å². The van der Waals surface area contributed by atoms with Crippen molar-refractivity contribution in [2.45, 2.75) is 51.2 Å². The molecule has 2 atom stereocenters. The predicted octanol–water partition coefficient (Wildman–Crippen LogP) is 3.17. The molecule has 2 heteroatoms. The monoisotopic (exact) mass is 247 g/mol. The molecule has 0 aromatic heterocycles. The fourth-order valence-electron chi connectivity index (χ4n) is 2.77. The van der Waals surface area contributed by atoms with Crippen LogP contribution in [0, 0.1) is 0 Å². The maximum absolute atomic E-state index is 5.81. The number of rotatable bonds is 7. The molecule has 1 N–H and O–H groups in total. The Morgan fingerprint density at radius 3 is 2.83 bits per heavy atom. The van der Waals surface area contributed by atoms with E-state index < -0.39 is 0 Å². The molecule has 1 aliphatic heterocycles. The standard InChI is InChI=1S/C16H25NO/c1-2-17-15(16-12-7-13-18-16)11-6-10-14-8-4-3-5-9-14/h3-5,8-9,15-17H,2,6-7,10-13H2,1H3. The van der Waals surface area contributed by atoms with Crippen LogP contribution in [0.15, 0.2) is 30.3 Å².